The van der Waals surface area contributed by atoms with E-state index in [1.165, 1.54) is 0 Å². The molecule has 6 heteroatoms. The average molecular weight is 285 g/mol. The molecule has 0 aliphatic heterocycles. The highest BCUT2D eigenvalue weighted by Crippen LogP contribution is 2.27. The highest BCUT2D eigenvalue weighted by Gasteiger charge is 2.19. The summed E-state index contributed by atoms with van der Waals surface area (Å²) in [7, 11) is 1.91. The van der Waals surface area contributed by atoms with Crippen molar-refractivity contribution in [1.29, 1.82) is 0 Å². The SMILES string of the molecule is CCc1nn(C)c(CC(N)c2scnc2C)c1Cl. The molecule has 0 saturated carbocycles. The third-order valence-electron chi connectivity index (χ3n) is 3.04. The van der Waals surface area contributed by atoms with Crippen molar-refractivity contribution >= 4 is 22.9 Å². The Kier molecular flexibility index (Phi) is 4.04. The monoisotopic (exact) mass is 284 g/mol. The van der Waals surface area contributed by atoms with Gasteiger partial charge >= 0.3 is 0 Å². The van der Waals surface area contributed by atoms with E-state index in [-0.39, 0.29) is 6.04 Å². The van der Waals surface area contributed by atoms with Crippen molar-refractivity contribution in [3.8, 4) is 0 Å². The number of halogens is 1. The molecule has 4 nitrogen and oxygen atoms in total. The van der Waals surface area contributed by atoms with Gasteiger partial charge in [-0.15, -0.1) is 11.3 Å². The molecule has 2 heterocycles. The lowest BCUT2D eigenvalue weighted by Crippen LogP contribution is -2.15. The summed E-state index contributed by atoms with van der Waals surface area (Å²) >= 11 is 7.92. The minimum absolute atomic E-state index is 0.0740. The van der Waals surface area contributed by atoms with E-state index in [2.05, 4.69) is 10.1 Å². The largest absolute Gasteiger partial charge is 0.323 e. The standard InChI is InChI=1S/C12H17ClN4S/c1-4-9-11(13)10(17(3)16-9)5-8(14)12-7(2)15-6-18-12/h6,8H,4-5,14H2,1-3H3. The van der Waals surface area contributed by atoms with E-state index >= 15 is 0 Å². The summed E-state index contributed by atoms with van der Waals surface area (Å²) in [6.45, 7) is 4.03. The molecule has 0 fully saturated rings. The van der Waals surface area contributed by atoms with Gasteiger partial charge in [-0.1, -0.05) is 18.5 Å². The van der Waals surface area contributed by atoms with Crippen molar-refractivity contribution in [2.24, 2.45) is 12.8 Å². The lowest BCUT2D eigenvalue weighted by atomic mass is 10.1. The highest BCUT2D eigenvalue weighted by molar-refractivity contribution is 7.09. The fourth-order valence-corrected chi connectivity index (χ4v) is 3.19. The number of thiazole rings is 1. The van der Waals surface area contributed by atoms with E-state index in [1.807, 2.05) is 31.1 Å². The maximum atomic E-state index is 6.32. The van der Waals surface area contributed by atoms with Crippen molar-refractivity contribution in [1.82, 2.24) is 14.8 Å². The Bertz CT molecular complexity index is 546. The minimum Gasteiger partial charge on any atom is -0.323 e. The molecule has 0 aromatic carbocycles. The Balaban J connectivity index is 2.24. The fraction of sp³-hybridized carbons (Fsp3) is 0.500. The molecule has 2 aromatic rings. The first-order valence-corrected chi connectivity index (χ1v) is 7.16. The zero-order chi connectivity index (χ0) is 13.3. The summed E-state index contributed by atoms with van der Waals surface area (Å²) in [6, 6.07) is -0.0740. The van der Waals surface area contributed by atoms with Crippen LogP contribution in [-0.2, 0) is 19.9 Å². The fourth-order valence-electron chi connectivity index (χ4n) is 2.01. The zero-order valence-electron chi connectivity index (χ0n) is 10.8. The Labute approximate surface area is 116 Å². The van der Waals surface area contributed by atoms with Crippen molar-refractivity contribution in [3.05, 3.63) is 32.5 Å². The first-order valence-electron chi connectivity index (χ1n) is 5.90. The molecular formula is C12H17ClN4S. The van der Waals surface area contributed by atoms with Gasteiger partial charge in [-0.3, -0.25) is 4.68 Å². The van der Waals surface area contributed by atoms with E-state index in [9.17, 15) is 0 Å². The molecule has 0 saturated heterocycles. The first kappa shape index (κ1) is 13.5. The Hall–Kier alpha value is -0.910. The van der Waals surface area contributed by atoms with Crippen LogP contribution in [0.3, 0.4) is 0 Å². The van der Waals surface area contributed by atoms with Gasteiger partial charge in [0, 0.05) is 24.4 Å². The summed E-state index contributed by atoms with van der Waals surface area (Å²) in [4.78, 5) is 5.34. The summed E-state index contributed by atoms with van der Waals surface area (Å²) in [5.41, 5.74) is 11.0. The third-order valence-corrected chi connectivity index (χ3v) is 4.53. The second kappa shape index (κ2) is 5.38. The number of nitrogens with two attached hydrogens (primary N) is 1. The molecule has 1 atom stereocenters. The maximum absolute atomic E-state index is 6.32. The minimum atomic E-state index is -0.0740. The van der Waals surface area contributed by atoms with Gasteiger partial charge in [0.2, 0.25) is 0 Å². The van der Waals surface area contributed by atoms with Gasteiger partial charge < -0.3 is 5.73 Å². The van der Waals surface area contributed by atoms with E-state index in [4.69, 9.17) is 17.3 Å². The lowest BCUT2D eigenvalue weighted by Gasteiger charge is -2.11. The molecule has 2 N–H and O–H groups in total. The first-order chi connectivity index (χ1) is 8.54. The Morgan fingerprint density at radius 3 is 2.78 bits per heavy atom. The second-order valence-corrected chi connectivity index (χ2v) is 5.56. The van der Waals surface area contributed by atoms with Gasteiger partial charge in [0.1, 0.15) is 0 Å². The summed E-state index contributed by atoms with van der Waals surface area (Å²) in [5, 5.41) is 5.15. The number of aryl methyl sites for hydroxylation is 3. The molecule has 0 radical (unpaired) electrons. The molecule has 98 valence electrons. The third kappa shape index (κ3) is 2.43. The Morgan fingerprint density at radius 1 is 1.56 bits per heavy atom. The molecule has 0 bridgehead atoms. The van der Waals surface area contributed by atoms with Crippen LogP contribution in [-0.4, -0.2) is 14.8 Å². The molecule has 18 heavy (non-hydrogen) atoms. The van der Waals surface area contributed by atoms with Crippen LogP contribution < -0.4 is 5.73 Å². The molecule has 0 amide bonds. The summed E-state index contributed by atoms with van der Waals surface area (Å²) < 4.78 is 1.83. The van der Waals surface area contributed by atoms with Crippen LogP contribution in [0.1, 0.15) is 34.9 Å². The lowest BCUT2D eigenvalue weighted by molar-refractivity contribution is 0.641. The second-order valence-electron chi connectivity index (χ2n) is 4.30. The van der Waals surface area contributed by atoms with Crippen molar-refractivity contribution < 1.29 is 0 Å². The van der Waals surface area contributed by atoms with Crippen LogP contribution in [0.25, 0.3) is 0 Å². The van der Waals surface area contributed by atoms with Crippen LogP contribution >= 0.6 is 22.9 Å². The molecule has 1 unspecified atom stereocenters. The van der Waals surface area contributed by atoms with E-state index in [0.717, 1.165) is 33.4 Å². The molecular weight excluding hydrogens is 268 g/mol. The number of rotatable bonds is 4. The van der Waals surface area contributed by atoms with E-state index < -0.39 is 0 Å². The van der Waals surface area contributed by atoms with Crippen LogP contribution in [0.15, 0.2) is 5.51 Å². The quantitative estimate of drug-likeness (QED) is 0.939. The van der Waals surface area contributed by atoms with Gasteiger partial charge in [0.25, 0.3) is 0 Å². The van der Waals surface area contributed by atoms with Crippen molar-refractivity contribution in [2.45, 2.75) is 32.7 Å². The van der Waals surface area contributed by atoms with E-state index in [0.29, 0.717) is 6.42 Å². The van der Waals surface area contributed by atoms with Gasteiger partial charge in [0.05, 0.1) is 27.6 Å². The smallest absolute Gasteiger partial charge is 0.0850 e. The van der Waals surface area contributed by atoms with Gasteiger partial charge in [-0.2, -0.15) is 5.10 Å². The summed E-state index contributed by atoms with van der Waals surface area (Å²) in [5.74, 6) is 0. The molecule has 2 rings (SSSR count). The van der Waals surface area contributed by atoms with Gasteiger partial charge in [0.15, 0.2) is 0 Å². The molecule has 0 aliphatic carbocycles. The average Bonchev–Trinajstić information content (AvgIpc) is 2.87. The number of hydrogen-bond acceptors (Lipinski definition) is 4. The molecule has 0 aliphatic rings. The number of aromatic nitrogens is 3. The molecule has 0 spiro atoms. The predicted molar refractivity (Wildman–Crippen MR) is 75.1 cm³/mol. The zero-order valence-corrected chi connectivity index (χ0v) is 12.3. The highest BCUT2D eigenvalue weighted by atomic mass is 35.5. The maximum Gasteiger partial charge on any atom is 0.0850 e. The van der Waals surface area contributed by atoms with Crippen molar-refractivity contribution in [2.75, 3.05) is 0 Å². The predicted octanol–water partition coefficient (Wildman–Crippen LogP) is 2.64. The Morgan fingerprint density at radius 2 is 2.28 bits per heavy atom. The normalized spacial score (nSPS) is 12.9. The topological polar surface area (TPSA) is 56.7 Å². The van der Waals surface area contributed by atoms with Crippen LogP contribution in [0, 0.1) is 6.92 Å². The van der Waals surface area contributed by atoms with Crippen LogP contribution in [0.5, 0.6) is 0 Å². The van der Waals surface area contributed by atoms with Crippen LogP contribution in [0.2, 0.25) is 5.02 Å². The number of nitrogens with zero attached hydrogens (tertiary/aromatic N) is 3. The molecule has 2 aromatic heterocycles. The van der Waals surface area contributed by atoms with Gasteiger partial charge in [-0.25, -0.2) is 4.98 Å². The summed E-state index contributed by atoms with van der Waals surface area (Å²) in [6.07, 6.45) is 1.52. The van der Waals surface area contributed by atoms with Crippen LogP contribution in [0.4, 0.5) is 0 Å². The number of hydrogen-bond donors (Lipinski definition) is 1. The van der Waals surface area contributed by atoms with E-state index in [1.54, 1.807) is 11.3 Å². The van der Waals surface area contributed by atoms with Gasteiger partial charge in [-0.05, 0) is 13.3 Å². The van der Waals surface area contributed by atoms with Crippen molar-refractivity contribution in [3.63, 3.8) is 0 Å².